The summed E-state index contributed by atoms with van der Waals surface area (Å²) in [6.45, 7) is 0. The monoisotopic (exact) mass is 151 g/mol. The van der Waals surface area contributed by atoms with Crippen molar-refractivity contribution in [2.24, 2.45) is 0 Å². The van der Waals surface area contributed by atoms with E-state index in [1.165, 1.54) is 44.9 Å². The molecular formula is C10H17N. The highest BCUT2D eigenvalue weighted by Crippen LogP contribution is 2.42. The van der Waals surface area contributed by atoms with Gasteiger partial charge in [0.15, 0.2) is 0 Å². The molecule has 0 amide bonds. The molecule has 2 unspecified atom stereocenters. The Labute approximate surface area is 68.8 Å². The van der Waals surface area contributed by atoms with E-state index in [-0.39, 0.29) is 0 Å². The quantitative estimate of drug-likeness (QED) is 0.513. The molecule has 0 saturated carbocycles. The predicted octanol–water partition coefficient (Wildman–Crippen LogP) is 2.17. The van der Waals surface area contributed by atoms with Gasteiger partial charge in [0.2, 0.25) is 0 Å². The van der Waals surface area contributed by atoms with Crippen LogP contribution >= 0.6 is 0 Å². The third kappa shape index (κ3) is 0.807. The van der Waals surface area contributed by atoms with Gasteiger partial charge in [-0.2, -0.15) is 0 Å². The summed E-state index contributed by atoms with van der Waals surface area (Å²) in [5, 5.41) is 0. The first-order valence-corrected chi connectivity index (χ1v) is 5.22. The Kier molecular flexibility index (Phi) is 1.31. The largest absolute Gasteiger partial charge is 0.294 e. The minimum absolute atomic E-state index is 1.02. The number of piperidine rings is 1. The Bertz CT molecular complexity index is 146. The van der Waals surface area contributed by atoms with Gasteiger partial charge in [-0.3, -0.25) is 4.90 Å². The molecule has 1 heteroatoms. The van der Waals surface area contributed by atoms with Crippen molar-refractivity contribution in [3.63, 3.8) is 0 Å². The van der Waals surface area contributed by atoms with Gasteiger partial charge in [0.1, 0.15) is 0 Å². The van der Waals surface area contributed by atoms with E-state index < -0.39 is 0 Å². The summed E-state index contributed by atoms with van der Waals surface area (Å²) in [4.78, 5) is 2.86. The summed E-state index contributed by atoms with van der Waals surface area (Å²) < 4.78 is 0. The van der Waals surface area contributed by atoms with Gasteiger partial charge < -0.3 is 0 Å². The van der Waals surface area contributed by atoms with Gasteiger partial charge in [0.05, 0.1) is 0 Å². The summed E-state index contributed by atoms with van der Waals surface area (Å²) in [5.41, 5.74) is 0. The van der Waals surface area contributed by atoms with Crippen LogP contribution in [0.4, 0.5) is 0 Å². The molecule has 3 aliphatic rings. The SMILES string of the molecule is C1CC2CCC3CCC(C1)N23. The van der Waals surface area contributed by atoms with Crippen LogP contribution in [0.3, 0.4) is 0 Å². The number of rotatable bonds is 0. The van der Waals surface area contributed by atoms with Crippen LogP contribution in [-0.4, -0.2) is 23.0 Å². The highest BCUT2D eigenvalue weighted by Gasteiger charge is 2.43. The maximum Gasteiger partial charge on any atom is 0.0102 e. The van der Waals surface area contributed by atoms with E-state index >= 15 is 0 Å². The van der Waals surface area contributed by atoms with Crippen LogP contribution in [0.15, 0.2) is 0 Å². The van der Waals surface area contributed by atoms with Crippen molar-refractivity contribution in [3.05, 3.63) is 0 Å². The fourth-order valence-electron chi connectivity index (χ4n) is 3.58. The Morgan fingerprint density at radius 1 is 0.636 bits per heavy atom. The highest BCUT2D eigenvalue weighted by atomic mass is 15.3. The summed E-state index contributed by atoms with van der Waals surface area (Å²) in [5.74, 6) is 0. The average molecular weight is 151 g/mol. The topological polar surface area (TPSA) is 3.24 Å². The van der Waals surface area contributed by atoms with Crippen LogP contribution in [0.1, 0.15) is 44.9 Å². The van der Waals surface area contributed by atoms with Crippen molar-refractivity contribution in [1.29, 1.82) is 0 Å². The van der Waals surface area contributed by atoms with Crippen molar-refractivity contribution in [2.75, 3.05) is 0 Å². The van der Waals surface area contributed by atoms with E-state index in [0.717, 1.165) is 18.1 Å². The lowest BCUT2D eigenvalue weighted by molar-refractivity contribution is 0.128. The summed E-state index contributed by atoms with van der Waals surface area (Å²) >= 11 is 0. The third-order valence-corrected chi connectivity index (χ3v) is 4.01. The molecule has 3 saturated heterocycles. The van der Waals surface area contributed by atoms with Crippen molar-refractivity contribution >= 4 is 0 Å². The zero-order chi connectivity index (χ0) is 7.26. The molecule has 3 heterocycles. The fourth-order valence-corrected chi connectivity index (χ4v) is 3.58. The van der Waals surface area contributed by atoms with Crippen LogP contribution in [0.5, 0.6) is 0 Å². The van der Waals surface area contributed by atoms with Crippen LogP contribution < -0.4 is 0 Å². The van der Waals surface area contributed by atoms with Gasteiger partial charge in [-0.25, -0.2) is 0 Å². The Balaban J connectivity index is 1.88. The number of nitrogens with zero attached hydrogens (tertiary/aromatic N) is 1. The number of hydrogen-bond acceptors (Lipinski definition) is 1. The molecule has 0 aromatic heterocycles. The molecule has 0 aromatic rings. The molecule has 3 fully saturated rings. The molecule has 0 aliphatic carbocycles. The molecule has 3 aliphatic heterocycles. The summed E-state index contributed by atoms with van der Waals surface area (Å²) in [7, 11) is 0. The lowest BCUT2D eigenvalue weighted by Gasteiger charge is -2.35. The fraction of sp³-hybridized carbons (Fsp3) is 1.00. The van der Waals surface area contributed by atoms with Gasteiger partial charge in [-0.05, 0) is 38.5 Å². The van der Waals surface area contributed by atoms with Crippen molar-refractivity contribution in [3.8, 4) is 0 Å². The second-order valence-electron chi connectivity index (χ2n) is 4.49. The first-order chi connectivity index (χ1) is 5.45. The van der Waals surface area contributed by atoms with Crippen LogP contribution in [0, 0.1) is 0 Å². The van der Waals surface area contributed by atoms with Gasteiger partial charge in [-0.1, -0.05) is 6.42 Å². The van der Waals surface area contributed by atoms with Crippen LogP contribution in [0.25, 0.3) is 0 Å². The molecule has 3 rings (SSSR count). The van der Waals surface area contributed by atoms with Gasteiger partial charge >= 0.3 is 0 Å². The van der Waals surface area contributed by atoms with E-state index in [0.29, 0.717) is 0 Å². The van der Waals surface area contributed by atoms with E-state index in [1.807, 2.05) is 0 Å². The molecular weight excluding hydrogens is 134 g/mol. The lowest BCUT2D eigenvalue weighted by Crippen LogP contribution is -2.41. The molecule has 62 valence electrons. The van der Waals surface area contributed by atoms with E-state index in [2.05, 4.69) is 4.90 Å². The molecule has 2 atom stereocenters. The van der Waals surface area contributed by atoms with E-state index in [1.54, 1.807) is 0 Å². The zero-order valence-corrected chi connectivity index (χ0v) is 7.13. The molecule has 0 radical (unpaired) electrons. The Morgan fingerprint density at radius 2 is 1.09 bits per heavy atom. The average Bonchev–Trinajstić information content (AvgIpc) is 2.60. The maximum absolute atomic E-state index is 2.86. The van der Waals surface area contributed by atoms with Crippen LogP contribution in [0.2, 0.25) is 0 Å². The standard InChI is InChI=1S/C10H17N/c1-2-8-4-6-10-7-5-9(3-1)11(8)10/h8-10H,1-7H2. The normalized spacial score (nSPS) is 49.6. The minimum Gasteiger partial charge on any atom is -0.294 e. The zero-order valence-electron chi connectivity index (χ0n) is 7.13. The van der Waals surface area contributed by atoms with Gasteiger partial charge in [0.25, 0.3) is 0 Å². The molecule has 0 spiro atoms. The molecule has 0 aromatic carbocycles. The second kappa shape index (κ2) is 2.22. The Hall–Kier alpha value is -0.0400. The minimum atomic E-state index is 1.02. The Morgan fingerprint density at radius 3 is 1.64 bits per heavy atom. The summed E-state index contributed by atoms with van der Waals surface area (Å²) in [6, 6.07) is 3.05. The van der Waals surface area contributed by atoms with Crippen molar-refractivity contribution < 1.29 is 0 Å². The molecule has 11 heavy (non-hydrogen) atoms. The molecule has 1 nitrogen and oxygen atoms in total. The van der Waals surface area contributed by atoms with Gasteiger partial charge in [-0.15, -0.1) is 0 Å². The first kappa shape index (κ1) is 6.47. The highest BCUT2D eigenvalue weighted by molar-refractivity contribution is 4.99. The van der Waals surface area contributed by atoms with Crippen molar-refractivity contribution in [2.45, 2.75) is 63.1 Å². The predicted molar refractivity (Wildman–Crippen MR) is 45.5 cm³/mol. The number of hydrogen-bond donors (Lipinski definition) is 0. The first-order valence-electron chi connectivity index (χ1n) is 5.22. The maximum atomic E-state index is 2.86. The third-order valence-electron chi connectivity index (χ3n) is 4.01. The van der Waals surface area contributed by atoms with Gasteiger partial charge in [0, 0.05) is 18.1 Å². The van der Waals surface area contributed by atoms with Crippen molar-refractivity contribution in [1.82, 2.24) is 4.90 Å². The molecule has 0 bridgehead atoms. The molecule has 0 N–H and O–H groups in total. The summed E-state index contributed by atoms with van der Waals surface area (Å²) in [6.07, 6.45) is 10.6. The van der Waals surface area contributed by atoms with E-state index in [4.69, 9.17) is 0 Å². The smallest absolute Gasteiger partial charge is 0.0102 e. The second-order valence-corrected chi connectivity index (χ2v) is 4.49. The van der Waals surface area contributed by atoms with Crippen LogP contribution in [-0.2, 0) is 0 Å². The lowest BCUT2D eigenvalue weighted by atomic mass is 9.95. The van der Waals surface area contributed by atoms with E-state index in [9.17, 15) is 0 Å².